The van der Waals surface area contributed by atoms with E-state index in [1.165, 1.54) is 6.07 Å². The van der Waals surface area contributed by atoms with Crippen molar-refractivity contribution in [2.45, 2.75) is 0 Å². The quantitative estimate of drug-likeness (QED) is 0.450. The van der Waals surface area contributed by atoms with Gasteiger partial charge in [-0.2, -0.15) is 0 Å². The van der Waals surface area contributed by atoms with Crippen molar-refractivity contribution in [3.8, 4) is 0 Å². The summed E-state index contributed by atoms with van der Waals surface area (Å²) < 4.78 is 6.61. The SMILES string of the molecule is Nc1c(C(=O)c2ccc(Cl)cc2Cl)oc2cc(I)ccc12. The summed E-state index contributed by atoms with van der Waals surface area (Å²) in [7, 11) is 0. The van der Waals surface area contributed by atoms with E-state index < -0.39 is 0 Å². The summed E-state index contributed by atoms with van der Waals surface area (Å²) in [5, 5.41) is 1.44. The summed E-state index contributed by atoms with van der Waals surface area (Å²) in [6.45, 7) is 0. The number of carbonyl (C=O) groups is 1. The standard InChI is InChI=1S/C15H8Cl2INO2/c16-7-1-3-9(11(17)5-7)14(20)15-13(19)10-4-2-8(18)6-12(10)21-15/h1-6H,19H2. The first-order valence-electron chi connectivity index (χ1n) is 5.94. The zero-order valence-corrected chi connectivity index (χ0v) is 14.2. The van der Waals surface area contributed by atoms with Crippen molar-refractivity contribution >= 4 is 68.2 Å². The van der Waals surface area contributed by atoms with E-state index in [4.69, 9.17) is 33.4 Å². The molecule has 2 aromatic carbocycles. The molecular weight excluding hydrogens is 424 g/mol. The number of nitrogen functional groups attached to an aromatic ring is 1. The Balaban J connectivity index is 2.15. The van der Waals surface area contributed by atoms with Crippen LogP contribution in [0.2, 0.25) is 10.0 Å². The van der Waals surface area contributed by atoms with Crippen molar-refractivity contribution in [1.82, 2.24) is 0 Å². The first-order chi connectivity index (χ1) is 9.97. The van der Waals surface area contributed by atoms with E-state index >= 15 is 0 Å². The second kappa shape index (κ2) is 5.51. The Hall–Kier alpha value is -1.24. The molecule has 1 heterocycles. The second-order valence-corrected chi connectivity index (χ2v) is 6.53. The molecule has 0 aliphatic rings. The molecule has 0 saturated carbocycles. The van der Waals surface area contributed by atoms with Crippen LogP contribution >= 0.6 is 45.8 Å². The van der Waals surface area contributed by atoms with Gasteiger partial charge in [-0.3, -0.25) is 4.79 Å². The number of carbonyl (C=O) groups excluding carboxylic acids is 1. The molecule has 6 heteroatoms. The Morgan fingerprint density at radius 3 is 2.62 bits per heavy atom. The molecular formula is C15H8Cl2INO2. The van der Waals surface area contributed by atoms with Crippen molar-refractivity contribution in [2.75, 3.05) is 5.73 Å². The van der Waals surface area contributed by atoms with Crippen molar-refractivity contribution in [1.29, 1.82) is 0 Å². The van der Waals surface area contributed by atoms with Crippen LogP contribution in [-0.4, -0.2) is 5.78 Å². The molecule has 3 rings (SSSR count). The van der Waals surface area contributed by atoms with Gasteiger partial charge in [-0.15, -0.1) is 0 Å². The highest BCUT2D eigenvalue weighted by molar-refractivity contribution is 14.1. The molecule has 0 saturated heterocycles. The zero-order valence-electron chi connectivity index (χ0n) is 10.5. The first-order valence-corrected chi connectivity index (χ1v) is 7.78. The molecule has 0 unspecified atom stereocenters. The fraction of sp³-hybridized carbons (Fsp3) is 0. The minimum atomic E-state index is -0.361. The third-order valence-electron chi connectivity index (χ3n) is 3.07. The van der Waals surface area contributed by atoms with Gasteiger partial charge in [0.2, 0.25) is 5.78 Å². The molecule has 0 atom stereocenters. The minimum Gasteiger partial charge on any atom is -0.450 e. The van der Waals surface area contributed by atoms with E-state index in [9.17, 15) is 4.79 Å². The third kappa shape index (κ3) is 2.63. The summed E-state index contributed by atoms with van der Waals surface area (Å²) >= 11 is 14.1. The van der Waals surface area contributed by atoms with E-state index in [2.05, 4.69) is 22.6 Å². The van der Waals surface area contributed by atoms with Crippen molar-refractivity contribution in [3.05, 3.63) is 61.3 Å². The summed E-state index contributed by atoms with van der Waals surface area (Å²) in [6, 6.07) is 10.2. The van der Waals surface area contributed by atoms with Gasteiger partial charge in [0.1, 0.15) is 5.58 Å². The molecule has 21 heavy (non-hydrogen) atoms. The second-order valence-electron chi connectivity index (χ2n) is 4.44. The lowest BCUT2D eigenvalue weighted by Crippen LogP contribution is -2.03. The predicted octanol–water partition coefficient (Wildman–Crippen LogP) is 5.16. The number of rotatable bonds is 2. The lowest BCUT2D eigenvalue weighted by atomic mass is 10.1. The highest BCUT2D eigenvalue weighted by atomic mass is 127. The van der Waals surface area contributed by atoms with Gasteiger partial charge in [0.25, 0.3) is 0 Å². The summed E-state index contributed by atoms with van der Waals surface area (Å²) in [5.74, 6) is -0.267. The van der Waals surface area contributed by atoms with E-state index in [0.29, 0.717) is 27.2 Å². The van der Waals surface area contributed by atoms with E-state index in [-0.39, 0.29) is 16.6 Å². The van der Waals surface area contributed by atoms with Crippen LogP contribution in [0, 0.1) is 3.57 Å². The van der Waals surface area contributed by atoms with Crippen molar-refractivity contribution in [3.63, 3.8) is 0 Å². The predicted molar refractivity (Wildman–Crippen MR) is 93.2 cm³/mol. The summed E-state index contributed by atoms with van der Waals surface area (Å²) in [4.78, 5) is 12.6. The van der Waals surface area contributed by atoms with Crippen LogP contribution < -0.4 is 5.73 Å². The van der Waals surface area contributed by atoms with Gasteiger partial charge < -0.3 is 10.2 Å². The maximum atomic E-state index is 12.6. The molecule has 0 aliphatic heterocycles. The fourth-order valence-corrected chi connectivity index (χ4v) is 3.01. The highest BCUT2D eigenvalue weighted by Crippen LogP contribution is 2.32. The van der Waals surface area contributed by atoms with Crippen molar-refractivity contribution in [2.24, 2.45) is 0 Å². The Morgan fingerprint density at radius 1 is 1.14 bits per heavy atom. The average molecular weight is 432 g/mol. The molecule has 2 N–H and O–H groups in total. The summed E-state index contributed by atoms with van der Waals surface area (Å²) in [6.07, 6.45) is 0. The molecule has 0 bridgehead atoms. The van der Waals surface area contributed by atoms with Gasteiger partial charge in [0.05, 0.1) is 10.7 Å². The van der Waals surface area contributed by atoms with Gasteiger partial charge in [0.15, 0.2) is 5.76 Å². The number of halogens is 3. The van der Waals surface area contributed by atoms with Gasteiger partial charge in [-0.1, -0.05) is 23.2 Å². The molecule has 0 aliphatic carbocycles. The maximum Gasteiger partial charge on any atom is 0.231 e. The van der Waals surface area contributed by atoms with Crippen LogP contribution in [0.25, 0.3) is 11.0 Å². The van der Waals surface area contributed by atoms with E-state index in [1.807, 2.05) is 18.2 Å². The van der Waals surface area contributed by atoms with Crippen LogP contribution in [0.5, 0.6) is 0 Å². The number of fused-ring (bicyclic) bond motifs is 1. The van der Waals surface area contributed by atoms with Crippen molar-refractivity contribution < 1.29 is 9.21 Å². The number of hydrogen-bond acceptors (Lipinski definition) is 3. The summed E-state index contributed by atoms with van der Waals surface area (Å²) in [5.41, 5.74) is 7.22. The Labute approximate surface area is 144 Å². The Morgan fingerprint density at radius 2 is 1.90 bits per heavy atom. The van der Waals surface area contributed by atoms with Crippen LogP contribution in [0.3, 0.4) is 0 Å². The molecule has 0 radical (unpaired) electrons. The molecule has 1 aromatic heterocycles. The van der Waals surface area contributed by atoms with Crippen LogP contribution in [0.15, 0.2) is 40.8 Å². The largest absolute Gasteiger partial charge is 0.450 e. The lowest BCUT2D eigenvalue weighted by Gasteiger charge is -2.02. The molecule has 0 fully saturated rings. The molecule has 106 valence electrons. The van der Waals surface area contributed by atoms with Crippen LogP contribution in [0.4, 0.5) is 5.69 Å². The smallest absolute Gasteiger partial charge is 0.231 e. The van der Waals surface area contributed by atoms with Gasteiger partial charge in [0, 0.05) is 19.5 Å². The van der Waals surface area contributed by atoms with Gasteiger partial charge in [-0.05, 0) is 59.0 Å². The maximum absolute atomic E-state index is 12.6. The Bertz CT molecular complexity index is 873. The number of nitrogens with two attached hydrogens (primary N) is 1. The zero-order chi connectivity index (χ0) is 15.1. The monoisotopic (exact) mass is 431 g/mol. The molecule has 3 aromatic rings. The van der Waals surface area contributed by atoms with Gasteiger partial charge in [-0.25, -0.2) is 0 Å². The fourth-order valence-electron chi connectivity index (χ4n) is 2.05. The number of benzene rings is 2. The van der Waals surface area contributed by atoms with E-state index in [0.717, 1.165) is 3.57 Å². The van der Waals surface area contributed by atoms with Crippen LogP contribution in [-0.2, 0) is 0 Å². The number of ketones is 1. The van der Waals surface area contributed by atoms with Gasteiger partial charge >= 0.3 is 0 Å². The topological polar surface area (TPSA) is 56.2 Å². The minimum absolute atomic E-state index is 0.0937. The number of anilines is 1. The highest BCUT2D eigenvalue weighted by Gasteiger charge is 2.22. The number of furan rings is 1. The third-order valence-corrected chi connectivity index (χ3v) is 4.29. The Kier molecular flexibility index (Phi) is 3.86. The molecule has 0 spiro atoms. The van der Waals surface area contributed by atoms with E-state index in [1.54, 1.807) is 12.1 Å². The normalized spacial score (nSPS) is 11.0. The molecule has 0 amide bonds. The average Bonchev–Trinajstić information content (AvgIpc) is 2.75. The number of hydrogen-bond donors (Lipinski definition) is 1. The molecule has 3 nitrogen and oxygen atoms in total. The lowest BCUT2D eigenvalue weighted by molar-refractivity contribution is 0.101. The van der Waals surface area contributed by atoms with Crippen LogP contribution in [0.1, 0.15) is 16.1 Å². The first kappa shape index (κ1) is 14.7.